The highest BCUT2D eigenvalue weighted by molar-refractivity contribution is 5.55. The second-order valence-electron chi connectivity index (χ2n) is 5.13. The summed E-state index contributed by atoms with van der Waals surface area (Å²) in [6.07, 6.45) is 0. The molecule has 3 heteroatoms. The standard InChI is InChI=1S/C14H21N3/c1-12-4-2-3-5-14(12)17-10-13(11-17)16-8-6-15-7-9-16/h2-5,13,15H,6-11H2,1H3. The van der Waals surface area contributed by atoms with Gasteiger partial charge in [0.15, 0.2) is 0 Å². The van der Waals surface area contributed by atoms with Gasteiger partial charge in [-0.15, -0.1) is 0 Å². The van der Waals surface area contributed by atoms with Crippen LogP contribution in [0.2, 0.25) is 0 Å². The Balaban J connectivity index is 1.59. The molecule has 0 unspecified atom stereocenters. The molecule has 1 N–H and O–H groups in total. The van der Waals surface area contributed by atoms with Crippen molar-refractivity contribution in [3.8, 4) is 0 Å². The Hall–Kier alpha value is -1.06. The molecule has 2 heterocycles. The van der Waals surface area contributed by atoms with Crippen LogP contribution < -0.4 is 10.2 Å². The number of anilines is 1. The second kappa shape index (κ2) is 4.67. The Morgan fingerprint density at radius 3 is 2.53 bits per heavy atom. The van der Waals surface area contributed by atoms with Crippen LogP contribution in [0.5, 0.6) is 0 Å². The van der Waals surface area contributed by atoms with Gasteiger partial charge in [0.1, 0.15) is 0 Å². The number of nitrogens with one attached hydrogen (secondary N) is 1. The first-order chi connectivity index (χ1) is 8.34. The van der Waals surface area contributed by atoms with E-state index in [-0.39, 0.29) is 0 Å². The van der Waals surface area contributed by atoms with Crippen molar-refractivity contribution in [2.45, 2.75) is 13.0 Å². The van der Waals surface area contributed by atoms with Gasteiger partial charge in [0.25, 0.3) is 0 Å². The number of para-hydroxylation sites is 1. The predicted molar refractivity (Wildman–Crippen MR) is 71.6 cm³/mol. The Kier molecular flexibility index (Phi) is 3.04. The summed E-state index contributed by atoms with van der Waals surface area (Å²) in [7, 11) is 0. The molecule has 0 amide bonds. The maximum absolute atomic E-state index is 3.41. The molecule has 2 fully saturated rings. The second-order valence-corrected chi connectivity index (χ2v) is 5.13. The van der Waals surface area contributed by atoms with Crippen LogP contribution in [0.1, 0.15) is 5.56 Å². The normalized spacial score (nSPS) is 22.5. The van der Waals surface area contributed by atoms with E-state index in [4.69, 9.17) is 0 Å². The van der Waals surface area contributed by atoms with Crippen molar-refractivity contribution >= 4 is 5.69 Å². The van der Waals surface area contributed by atoms with Gasteiger partial charge in [-0.25, -0.2) is 0 Å². The highest BCUT2D eigenvalue weighted by Gasteiger charge is 2.32. The SMILES string of the molecule is Cc1ccccc1N1CC(N2CCNCC2)C1. The minimum absolute atomic E-state index is 0.775. The molecule has 0 saturated carbocycles. The van der Waals surface area contributed by atoms with Crippen LogP contribution in [0.3, 0.4) is 0 Å². The average molecular weight is 231 g/mol. The van der Waals surface area contributed by atoms with Gasteiger partial charge in [0.05, 0.1) is 0 Å². The first-order valence-electron chi connectivity index (χ1n) is 6.60. The van der Waals surface area contributed by atoms with Crippen molar-refractivity contribution in [2.75, 3.05) is 44.2 Å². The summed E-state index contributed by atoms with van der Waals surface area (Å²) in [6.45, 7) is 9.34. The van der Waals surface area contributed by atoms with E-state index in [1.165, 1.54) is 37.4 Å². The van der Waals surface area contributed by atoms with Gasteiger partial charge in [-0.3, -0.25) is 4.90 Å². The monoisotopic (exact) mass is 231 g/mol. The Bertz CT molecular complexity index is 379. The van der Waals surface area contributed by atoms with Gasteiger partial charge < -0.3 is 10.2 Å². The van der Waals surface area contributed by atoms with Gasteiger partial charge >= 0.3 is 0 Å². The number of aryl methyl sites for hydroxylation is 1. The van der Waals surface area contributed by atoms with Crippen molar-refractivity contribution in [1.82, 2.24) is 10.2 Å². The lowest BCUT2D eigenvalue weighted by Gasteiger charge is -2.48. The Morgan fingerprint density at radius 1 is 1.12 bits per heavy atom. The number of nitrogens with zero attached hydrogens (tertiary/aromatic N) is 2. The molecule has 0 aromatic heterocycles. The van der Waals surface area contributed by atoms with Gasteiger partial charge in [-0.1, -0.05) is 18.2 Å². The van der Waals surface area contributed by atoms with E-state index >= 15 is 0 Å². The summed E-state index contributed by atoms with van der Waals surface area (Å²) < 4.78 is 0. The van der Waals surface area contributed by atoms with Crippen LogP contribution in [0.4, 0.5) is 5.69 Å². The van der Waals surface area contributed by atoms with Gasteiger partial charge in [0.2, 0.25) is 0 Å². The van der Waals surface area contributed by atoms with E-state index in [9.17, 15) is 0 Å². The van der Waals surface area contributed by atoms with E-state index in [1.807, 2.05) is 0 Å². The summed E-state index contributed by atoms with van der Waals surface area (Å²) in [6, 6.07) is 9.47. The molecule has 3 nitrogen and oxygen atoms in total. The van der Waals surface area contributed by atoms with Crippen molar-refractivity contribution in [3.05, 3.63) is 29.8 Å². The third-order valence-corrected chi connectivity index (χ3v) is 3.99. The fraction of sp³-hybridized carbons (Fsp3) is 0.571. The minimum Gasteiger partial charge on any atom is -0.368 e. The molecule has 0 radical (unpaired) electrons. The van der Waals surface area contributed by atoms with Crippen molar-refractivity contribution in [2.24, 2.45) is 0 Å². The zero-order valence-corrected chi connectivity index (χ0v) is 10.5. The molecule has 0 spiro atoms. The van der Waals surface area contributed by atoms with E-state index < -0.39 is 0 Å². The molecule has 3 rings (SSSR count). The van der Waals surface area contributed by atoms with Crippen LogP contribution in [0.15, 0.2) is 24.3 Å². The quantitative estimate of drug-likeness (QED) is 0.822. The molecular formula is C14H21N3. The summed E-state index contributed by atoms with van der Waals surface area (Å²) in [5.74, 6) is 0. The first-order valence-corrected chi connectivity index (χ1v) is 6.60. The third-order valence-electron chi connectivity index (χ3n) is 3.99. The molecule has 0 aliphatic carbocycles. The predicted octanol–water partition coefficient (Wildman–Crippen LogP) is 1.09. The lowest BCUT2D eigenvalue weighted by molar-refractivity contribution is 0.147. The molecular weight excluding hydrogens is 210 g/mol. The summed E-state index contributed by atoms with van der Waals surface area (Å²) in [5, 5.41) is 3.41. The maximum Gasteiger partial charge on any atom is 0.0447 e. The largest absolute Gasteiger partial charge is 0.368 e. The van der Waals surface area contributed by atoms with Crippen LogP contribution in [0.25, 0.3) is 0 Å². The molecule has 2 aliphatic rings. The first kappa shape index (κ1) is 11.1. The van der Waals surface area contributed by atoms with Crippen LogP contribution in [0, 0.1) is 6.92 Å². The Labute approximate surface area is 103 Å². The highest BCUT2D eigenvalue weighted by Crippen LogP contribution is 2.26. The molecule has 2 aliphatic heterocycles. The highest BCUT2D eigenvalue weighted by atomic mass is 15.3. The molecule has 17 heavy (non-hydrogen) atoms. The van der Waals surface area contributed by atoms with Gasteiger partial charge in [-0.05, 0) is 18.6 Å². The maximum atomic E-state index is 3.41. The number of hydrogen-bond acceptors (Lipinski definition) is 3. The minimum atomic E-state index is 0.775. The Morgan fingerprint density at radius 2 is 1.82 bits per heavy atom. The smallest absolute Gasteiger partial charge is 0.0447 e. The fourth-order valence-corrected chi connectivity index (χ4v) is 2.85. The van der Waals surface area contributed by atoms with Crippen molar-refractivity contribution < 1.29 is 0 Å². The molecule has 0 bridgehead atoms. The van der Waals surface area contributed by atoms with E-state index in [1.54, 1.807) is 0 Å². The van der Waals surface area contributed by atoms with Crippen LogP contribution in [-0.4, -0.2) is 50.2 Å². The topological polar surface area (TPSA) is 18.5 Å². The van der Waals surface area contributed by atoms with Crippen LogP contribution in [-0.2, 0) is 0 Å². The summed E-state index contributed by atoms with van der Waals surface area (Å²) >= 11 is 0. The fourth-order valence-electron chi connectivity index (χ4n) is 2.85. The lowest BCUT2D eigenvalue weighted by Crippen LogP contribution is -2.63. The van der Waals surface area contributed by atoms with Gasteiger partial charge in [-0.2, -0.15) is 0 Å². The van der Waals surface area contributed by atoms with E-state index in [2.05, 4.69) is 46.3 Å². The number of rotatable bonds is 2. The lowest BCUT2D eigenvalue weighted by atomic mass is 10.0. The number of piperazine rings is 1. The molecule has 92 valence electrons. The van der Waals surface area contributed by atoms with Crippen molar-refractivity contribution in [3.63, 3.8) is 0 Å². The summed E-state index contributed by atoms with van der Waals surface area (Å²) in [4.78, 5) is 5.13. The van der Waals surface area contributed by atoms with Crippen molar-refractivity contribution in [1.29, 1.82) is 0 Å². The van der Waals surface area contributed by atoms with Crippen LogP contribution >= 0.6 is 0 Å². The number of benzene rings is 1. The molecule has 0 atom stereocenters. The molecule has 1 aromatic rings. The van der Waals surface area contributed by atoms with Gasteiger partial charge in [0, 0.05) is 51.0 Å². The zero-order chi connectivity index (χ0) is 11.7. The third kappa shape index (κ3) is 2.17. The molecule has 1 aromatic carbocycles. The van der Waals surface area contributed by atoms with E-state index in [0.717, 1.165) is 19.1 Å². The average Bonchev–Trinajstić information content (AvgIpc) is 2.31. The zero-order valence-electron chi connectivity index (χ0n) is 10.5. The number of hydrogen-bond donors (Lipinski definition) is 1. The summed E-state index contributed by atoms with van der Waals surface area (Å²) in [5.41, 5.74) is 2.81. The molecule has 2 saturated heterocycles. The van der Waals surface area contributed by atoms with E-state index in [0.29, 0.717) is 0 Å².